The van der Waals surface area contributed by atoms with E-state index in [1.54, 1.807) is 0 Å². The van der Waals surface area contributed by atoms with E-state index in [1.165, 1.54) is 12.1 Å². The lowest BCUT2D eigenvalue weighted by atomic mass is 9.87. The summed E-state index contributed by atoms with van der Waals surface area (Å²) < 4.78 is 0. The van der Waals surface area contributed by atoms with E-state index in [0.717, 1.165) is 25.9 Å². The molecule has 20 heavy (non-hydrogen) atoms. The van der Waals surface area contributed by atoms with Crippen molar-refractivity contribution in [3.05, 3.63) is 38.4 Å². The number of carbonyl (C=O) groups is 1. The molecule has 1 aromatic rings. The van der Waals surface area contributed by atoms with Crippen LogP contribution in [-0.4, -0.2) is 41.0 Å². The summed E-state index contributed by atoms with van der Waals surface area (Å²) in [7, 11) is 1.99. The number of carboxylic acid groups (broad SMARTS) is 1. The molecule has 0 atom stereocenters. The Kier molecular flexibility index (Phi) is 4.25. The lowest BCUT2D eigenvalue weighted by Crippen LogP contribution is -2.29. The molecule has 0 aliphatic carbocycles. The molecule has 1 N–H and O–H groups in total. The second-order valence-electron chi connectivity index (χ2n) is 5.00. The van der Waals surface area contributed by atoms with Gasteiger partial charge in [0.2, 0.25) is 0 Å². The first-order valence-electron chi connectivity index (χ1n) is 6.30. The summed E-state index contributed by atoms with van der Waals surface area (Å²) in [5, 5.41) is 20.2. The highest BCUT2D eigenvalue weighted by Crippen LogP contribution is 2.40. The number of hydrogen-bond donors (Lipinski definition) is 1. The van der Waals surface area contributed by atoms with E-state index in [4.69, 9.17) is 16.7 Å². The highest BCUT2D eigenvalue weighted by atomic mass is 35.5. The number of likely N-dealkylation sites (tertiary alicyclic amines) is 1. The fourth-order valence-corrected chi connectivity index (χ4v) is 2.99. The fourth-order valence-electron chi connectivity index (χ4n) is 2.59. The second kappa shape index (κ2) is 5.76. The predicted molar refractivity (Wildman–Crippen MR) is 74.5 cm³/mol. The zero-order chi connectivity index (χ0) is 14.9. The number of nitro groups is 1. The average Bonchev–Trinajstić information content (AvgIpc) is 2.39. The molecule has 2 rings (SSSR count). The van der Waals surface area contributed by atoms with Gasteiger partial charge in [-0.05, 0) is 45.0 Å². The molecule has 1 heterocycles. The third-order valence-electron chi connectivity index (χ3n) is 3.71. The Morgan fingerprint density at radius 3 is 2.55 bits per heavy atom. The van der Waals surface area contributed by atoms with E-state index in [-0.39, 0.29) is 22.2 Å². The Morgan fingerprint density at radius 1 is 1.45 bits per heavy atom. The average molecular weight is 299 g/mol. The summed E-state index contributed by atoms with van der Waals surface area (Å²) in [4.78, 5) is 23.9. The van der Waals surface area contributed by atoms with Gasteiger partial charge in [0.15, 0.2) is 0 Å². The van der Waals surface area contributed by atoms with Crippen molar-refractivity contribution in [3.63, 3.8) is 0 Å². The Morgan fingerprint density at radius 2 is 2.05 bits per heavy atom. The van der Waals surface area contributed by atoms with Crippen LogP contribution in [0.3, 0.4) is 0 Å². The number of benzene rings is 1. The van der Waals surface area contributed by atoms with Gasteiger partial charge < -0.3 is 10.0 Å². The first-order chi connectivity index (χ1) is 9.41. The van der Waals surface area contributed by atoms with E-state index >= 15 is 0 Å². The smallest absolute Gasteiger partial charge is 0.337 e. The maximum atomic E-state index is 11.2. The first-order valence-corrected chi connectivity index (χ1v) is 6.68. The lowest BCUT2D eigenvalue weighted by molar-refractivity contribution is -0.385. The molecule has 0 radical (unpaired) electrons. The zero-order valence-electron chi connectivity index (χ0n) is 11.0. The van der Waals surface area contributed by atoms with Crippen LogP contribution in [0.4, 0.5) is 5.69 Å². The summed E-state index contributed by atoms with van der Waals surface area (Å²) in [6.45, 7) is 1.63. The van der Waals surface area contributed by atoms with Crippen molar-refractivity contribution in [3.8, 4) is 0 Å². The SMILES string of the molecule is CN1CCC(c2c([N+](=O)[O-])ccc(C(=O)O)c2Cl)CC1. The molecule has 0 unspecified atom stereocenters. The summed E-state index contributed by atoms with van der Waals surface area (Å²) in [6.07, 6.45) is 1.47. The van der Waals surface area contributed by atoms with Gasteiger partial charge in [0.25, 0.3) is 5.69 Å². The molecule has 6 nitrogen and oxygen atoms in total. The minimum atomic E-state index is -1.17. The number of halogens is 1. The maximum absolute atomic E-state index is 11.2. The molecule has 0 spiro atoms. The third-order valence-corrected chi connectivity index (χ3v) is 4.12. The van der Waals surface area contributed by atoms with E-state index in [2.05, 4.69) is 4.90 Å². The highest BCUT2D eigenvalue weighted by molar-refractivity contribution is 6.34. The maximum Gasteiger partial charge on any atom is 0.337 e. The molecule has 0 amide bonds. The van der Waals surface area contributed by atoms with E-state index in [9.17, 15) is 14.9 Å². The number of piperidine rings is 1. The van der Waals surface area contributed by atoms with E-state index in [1.807, 2.05) is 7.05 Å². The second-order valence-corrected chi connectivity index (χ2v) is 5.38. The number of hydrogen-bond acceptors (Lipinski definition) is 4. The molecule has 1 aliphatic rings. The third kappa shape index (κ3) is 2.76. The molecule has 0 saturated carbocycles. The highest BCUT2D eigenvalue weighted by Gasteiger charge is 2.30. The van der Waals surface area contributed by atoms with Crippen LogP contribution < -0.4 is 0 Å². The van der Waals surface area contributed by atoms with Crippen molar-refractivity contribution in [2.24, 2.45) is 0 Å². The van der Waals surface area contributed by atoms with Gasteiger partial charge in [-0.2, -0.15) is 0 Å². The number of nitro benzene ring substituents is 1. The standard InChI is InChI=1S/C13H15ClN2O4/c1-15-6-4-8(5-7-15)11-10(16(19)20)3-2-9(12(11)14)13(17)18/h2-3,8H,4-7H2,1H3,(H,17,18). The van der Waals surface area contributed by atoms with E-state index < -0.39 is 10.9 Å². The van der Waals surface area contributed by atoms with Gasteiger partial charge in [0, 0.05) is 6.07 Å². The molecule has 1 fully saturated rings. The first kappa shape index (κ1) is 14.7. The van der Waals surface area contributed by atoms with Crippen LogP contribution in [0.15, 0.2) is 12.1 Å². The normalized spacial score (nSPS) is 17.1. The number of rotatable bonds is 3. The quantitative estimate of drug-likeness (QED) is 0.685. The van der Waals surface area contributed by atoms with Crippen LogP contribution in [0, 0.1) is 10.1 Å². The topological polar surface area (TPSA) is 83.7 Å². The van der Waals surface area contributed by atoms with Crippen LogP contribution in [0.25, 0.3) is 0 Å². The summed E-state index contributed by atoms with van der Waals surface area (Å²) >= 11 is 6.12. The molecule has 1 aliphatic heterocycles. The van der Waals surface area contributed by atoms with Gasteiger partial charge in [-0.1, -0.05) is 11.6 Å². The lowest BCUT2D eigenvalue weighted by Gasteiger charge is -2.29. The minimum Gasteiger partial charge on any atom is -0.478 e. The van der Waals surface area contributed by atoms with Crippen molar-refractivity contribution in [2.45, 2.75) is 18.8 Å². The van der Waals surface area contributed by atoms with Crippen LogP contribution in [-0.2, 0) is 0 Å². The molecule has 1 aromatic carbocycles. The molecular weight excluding hydrogens is 284 g/mol. The van der Waals surface area contributed by atoms with Crippen molar-refractivity contribution in [1.29, 1.82) is 0 Å². The Hall–Kier alpha value is -1.66. The van der Waals surface area contributed by atoms with Crippen LogP contribution in [0.2, 0.25) is 5.02 Å². The van der Waals surface area contributed by atoms with Crippen molar-refractivity contribution >= 4 is 23.3 Å². The summed E-state index contributed by atoms with van der Waals surface area (Å²) in [5.41, 5.74) is 0.199. The molecule has 0 aromatic heterocycles. The summed E-state index contributed by atoms with van der Waals surface area (Å²) in [6, 6.07) is 2.43. The van der Waals surface area contributed by atoms with Gasteiger partial charge in [-0.3, -0.25) is 10.1 Å². The van der Waals surface area contributed by atoms with Crippen LogP contribution >= 0.6 is 11.6 Å². The Bertz CT molecular complexity index is 554. The van der Waals surface area contributed by atoms with Gasteiger partial charge in [0.1, 0.15) is 0 Å². The molecule has 7 heteroatoms. The van der Waals surface area contributed by atoms with Gasteiger partial charge >= 0.3 is 5.97 Å². The minimum absolute atomic E-state index is 0.00116. The van der Waals surface area contributed by atoms with Crippen LogP contribution in [0.1, 0.15) is 34.7 Å². The van der Waals surface area contributed by atoms with Crippen molar-refractivity contribution < 1.29 is 14.8 Å². The summed E-state index contributed by atoms with van der Waals surface area (Å²) in [5.74, 6) is -1.24. The van der Waals surface area contributed by atoms with E-state index in [0.29, 0.717) is 5.56 Å². The molecular formula is C13H15ClN2O4. The van der Waals surface area contributed by atoms with Gasteiger partial charge in [-0.15, -0.1) is 0 Å². The molecule has 0 bridgehead atoms. The van der Waals surface area contributed by atoms with Gasteiger partial charge in [-0.25, -0.2) is 4.79 Å². The monoisotopic (exact) mass is 298 g/mol. The predicted octanol–water partition coefficient (Wildman–Crippen LogP) is 2.76. The number of nitrogens with zero attached hydrogens (tertiary/aromatic N) is 2. The largest absolute Gasteiger partial charge is 0.478 e. The van der Waals surface area contributed by atoms with Gasteiger partial charge in [0.05, 0.1) is 21.1 Å². The van der Waals surface area contributed by atoms with Crippen molar-refractivity contribution in [2.75, 3.05) is 20.1 Å². The Balaban J connectivity index is 2.50. The van der Waals surface area contributed by atoms with Crippen molar-refractivity contribution in [1.82, 2.24) is 4.90 Å². The number of carboxylic acids is 1. The Labute approximate surface area is 121 Å². The molecule has 1 saturated heterocycles. The zero-order valence-corrected chi connectivity index (χ0v) is 11.8. The molecule has 108 valence electrons. The fraction of sp³-hybridized carbons (Fsp3) is 0.462. The number of aromatic carboxylic acids is 1. The van der Waals surface area contributed by atoms with Crippen LogP contribution in [0.5, 0.6) is 0 Å².